The summed E-state index contributed by atoms with van der Waals surface area (Å²) in [7, 11) is 0. The molecule has 1 aliphatic rings. The van der Waals surface area contributed by atoms with Crippen molar-refractivity contribution in [3.63, 3.8) is 0 Å². The molecular formula is C25H22N4O4. The van der Waals surface area contributed by atoms with Crippen LogP contribution in [0.4, 0.5) is 0 Å². The van der Waals surface area contributed by atoms with Crippen molar-refractivity contribution in [2.45, 2.75) is 6.10 Å². The summed E-state index contributed by atoms with van der Waals surface area (Å²) in [6.07, 6.45) is 0.654. The van der Waals surface area contributed by atoms with Gasteiger partial charge in [-0.2, -0.15) is 0 Å². The van der Waals surface area contributed by atoms with Crippen molar-refractivity contribution in [3.8, 4) is 40.0 Å². The number of phenols is 2. The zero-order valence-corrected chi connectivity index (χ0v) is 17.7. The molecule has 0 radical (unpaired) electrons. The highest BCUT2D eigenvalue weighted by atomic mass is 16.5. The largest absolute Gasteiger partial charge is 0.507 e. The van der Waals surface area contributed by atoms with Crippen LogP contribution in [-0.2, 0) is 9.53 Å². The van der Waals surface area contributed by atoms with Crippen LogP contribution in [0.15, 0.2) is 72.8 Å². The molecule has 0 spiro atoms. The molecule has 1 aromatic heterocycles. The number of hydrogen-bond donors (Lipinski definition) is 2. The topological polar surface area (TPSA) is 101 Å². The summed E-state index contributed by atoms with van der Waals surface area (Å²) in [5, 5.41) is 25.4. The summed E-state index contributed by atoms with van der Waals surface area (Å²) in [5.41, 5.74) is 2.70. The van der Waals surface area contributed by atoms with Crippen LogP contribution in [0.5, 0.6) is 11.5 Å². The number of carbonyl (C=O) groups excluding carboxylic acids is 1. The fourth-order valence-electron chi connectivity index (χ4n) is 3.90. The Balaban J connectivity index is 1.56. The maximum Gasteiger partial charge on any atom is 0.209 e. The standard InChI is InChI=1S/C25H22N4O4/c30-16-28-13-14-33-23(15-28)17-9-11-18(12-10-17)29-25(20-6-2-4-8-22(20)32)26-24(27-29)19-5-1-3-7-21(19)31/h1-12,16,23,31-32H,13-15H2. The summed E-state index contributed by atoms with van der Waals surface area (Å²) in [6, 6.07) is 21.4. The second-order valence-electron chi connectivity index (χ2n) is 7.76. The number of para-hydroxylation sites is 2. The van der Waals surface area contributed by atoms with E-state index in [1.54, 1.807) is 52.0 Å². The lowest BCUT2D eigenvalue weighted by Crippen LogP contribution is -2.37. The van der Waals surface area contributed by atoms with E-state index in [1.165, 1.54) is 0 Å². The van der Waals surface area contributed by atoms with E-state index in [0.717, 1.165) is 17.7 Å². The summed E-state index contributed by atoms with van der Waals surface area (Å²) in [6.45, 7) is 1.60. The Labute approximate surface area is 190 Å². The minimum absolute atomic E-state index is 0.0722. The van der Waals surface area contributed by atoms with E-state index in [2.05, 4.69) is 10.1 Å². The summed E-state index contributed by atoms with van der Waals surface area (Å²) in [5.74, 6) is 0.937. The first-order chi connectivity index (χ1) is 16.1. The number of aromatic nitrogens is 3. The first kappa shape index (κ1) is 20.7. The van der Waals surface area contributed by atoms with Crippen molar-refractivity contribution < 1.29 is 19.7 Å². The molecule has 0 saturated carbocycles. The molecule has 1 amide bonds. The number of phenolic OH excluding ortho intramolecular Hbond substituents is 2. The molecule has 1 saturated heterocycles. The zero-order chi connectivity index (χ0) is 22.8. The fourth-order valence-corrected chi connectivity index (χ4v) is 3.90. The lowest BCUT2D eigenvalue weighted by atomic mass is 10.1. The van der Waals surface area contributed by atoms with Crippen LogP contribution in [-0.4, -0.2) is 56.0 Å². The quantitative estimate of drug-likeness (QED) is 0.459. The molecule has 166 valence electrons. The van der Waals surface area contributed by atoms with Crippen LogP contribution >= 0.6 is 0 Å². The smallest absolute Gasteiger partial charge is 0.209 e. The van der Waals surface area contributed by atoms with E-state index in [-0.39, 0.29) is 17.6 Å². The minimum Gasteiger partial charge on any atom is -0.507 e. The number of aromatic hydroxyl groups is 2. The molecule has 0 bridgehead atoms. The zero-order valence-electron chi connectivity index (χ0n) is 17.7. The van der Waals surface area contributed by atoms with Crippen LogP contribution in [0.3, 0.4) is 0 Å². The number of amides is 1. The van der Waals surface area contributed by atoms with Crippen LogP contribution in [0.2, 0.25) is 0 Å². The second-order valence-corrected chi connectivity index (χ2v) is 7.76. The third-order valence-corrected chi connectivity index (χ3v) is 5.65. The van der Waals surface area contributed by atoms with Crippen LogP contribution in [0.25, 0.3) is 28.5 Å². The molecule has 1 aliphatic heterocycles. The molecule has 2 N–H and O–H groups in total. The third-order valence-electron chi connectivity index (χ3n) is 5.65. The maximum atomic E-state index is 11.1. The van der Waals surface area contributed by atoms with Crippen molar-refractivity contribution in [1.29, 1.82) is 0 Å². The number of nitrogens with zero attached hydrogens (tertiary/aromatic N) is 4. The molecule has 0 aliphatic carbocycles. The predicted molar refractivity (Wildman–Crippen MR) is 122 cm³/mol. The predicted octanol–water partition coefficient (Wildman–Crippen LogP) is 3.54. The van der Waals surface area contributed by atoms with Crippen LogP contribution < -0.4 is 0 Å². The monoisotopic (exact) mass is 442 g/mol. The minimum atomic E-state index is -0.191. The summed E-state index contributed by atoms with van der Waals surface area (Å²) >= 11 is 0. The van der Waals surface area contributed by atoms with E-state index < -0.39 is 0 Å². The fraction of sp³-hybridized carbons (Fsp3) is 0.160. The highest BCUT2D eigenvalue weighted by molar-refractivity contribution is 5.70. The number of hydrogen-bond acceptors (Lipinski definition) is 6. The Hall–Kier alpha value is -4.17. The lowest BCUT2D eigenvalue weighted by molar-refractivity contribution is -0.125. The van der Waals surface area contributed by atoms with Crippen LogP contribution in [0.1, 0.15) is 11.7 Å². The van der Waals surface area contributed by atoms with E-state index in [9.17, 15) is 15.0 Å². The van der Waals surface area contributed by atoms with Crippen molar-refractivity contribution in [2.24, 2.45) is 0 Å². The van der Waals surface area contributed by atoms with Gasteiger partial charge in [0.1, 0.15) is 17.6 Å². The van der Waals surface area contributed by atoms with Gasteiger partial charge in [-0.3, -0.25) is 4.79 Å². The molecule has 1 unspecified atom stereocenters. The second kappa shape index (κ2) is 8.76. The lowest BCUT2D eigenvalue weighted by Gasteiger charge is -2.30. The Kier molecular flexibility index (Phi) is 5.50. The van der Waals surface area contributed by atoms with Gasteiger partial charge in [-0.1, -0.05) is 36.4 Å². The van der Waals surface area contributed by atoms with Gasteiger partial charge in [0.05, 0.1) is 30.0 Å². The average molecular weight is 442 g/mol. The first-order valence-electron chi connectivity index (χ1n) is 10.6. The Morgan fingerprint density at radius 2 is 1.58 bits per heavy atom. The van der Waals surface area contributed by atoms with Crippen molar-refractivity contribution in [1.82, 2.24) is 19.7 Å². The molecular weight excluding hydrogens is 420 g/mol. The molecule has 8 nitrogen and oxygen atoms in total. The molecule has 4 aromatic rings. The number of benzene rings is 3. The van der Waals surface area contributed by atoms with E-state index in [4.69, 9.17) is 4.74 Å². The van der Waals surface area contributed by atoms with Gasteiger partial charge < -0.3 is 19.8 Å². The number of ether oxygens (including phenoxy) is 1. The van der Waals surface area contributed by atoms with Crippen molar-refractivity contribution >= 4 is 6.41 Å². The number of rotatable bonds is 5. The number of morpholine rings is 1. The van der Waals surface area contributed by atoms with Gasteiger partial charge in [-0.25, -0.2) is 9.67 Å². The third kappa shape index (κ3) is 4.04. The summed E-state index contributed by atoms with van der Waals surface area (Å²) < 4.78 is 7.47. The van der Waals surface area contributed by atoms with Gasteiger partial charge >= 0.3 is 0 Å². The van der Waals surface area contributed by atoms with Crippen LogP contribution in [0, 0.1) is 0 Å². The molecule has 3 aromatic carbocycles. The highest BCUT2D eigenvalue weighted by Crippen LogP contribution is 2.33. The van der Waals surface area contributed by atoms with E-state index >= 15 is 0 Å². The molecule has 8 heteroatoms. The van der Waals surface area contributed by atoms with Gasteiger partial charge in [0.2, 0.25) is 6.41 Å². The van der Waals surface area contributed by atoms with Crippen molar-refractivity contribution in [2.75, 3.05) is 19.7 Å². The van der Waals surface area contributed by atoms with E-state index in [1.807, 2.05) is 30.3 Å². The molecule has 33 heavy (non-hydrogen) atoms. The SMILES string of the molecule is O=CN1CCOC(c2ccc(-n3nc(-c4ccccc4O)nc3-c3ccccc3O)cc2)C1. The number of carbonyl (C=O) groups is 1. The Morgan fingerprint density at radius 3 is 2.24 bits per heavy atom. The van der Waals surface area contributed by atoms with Gasteiger partial charge in [0, 0.05) is 6.54 Å². The normalized spacial score (nSPS) is 16.0. The van der Waals surface area contributed by atoms with Gasteiger partial charge in [-0.15, -0.1) is 5.10 Å². The molecule has 5 rings (SSSR count). The molecule has 1 atom stereocenters. The maximum absolute atomic E-state index is 11.1. The van der Waals surface area contributed by atoms with Gasteiger partial charge in [0.15, 0.2) is 11.6 Å². The average Bonchev–Trinajstić information content (AvgIpc) is 3.29. The van der Waals surface area contributed by atoms with Gasteiger partial charge in [-0.05, 0) is 42.0 Å². The summed E-state index contributed by atoms with van der Waals surface area (Å²) in [4.78, 5) is 17.5. The van der Waals surface area contributed by atoms with Crippen molar-refractivity contribution in [3.05, 3.63) is 78.4 Å². The highest BCUT2D eigenvalue weighted by Gasteiger charge is 2.22. The molecule has 2 heterocycles. The molecule has 1 fully saturated rings. The first-order valence-corrected chi connectivity index (χ1v) is 10.6. The Morgan fingerprint density at radius 1 is 0.909 bits per heavy atom. The van der Waals surface area contributed by atoms with E-state index in [0.29, 0.717) is 42.5 Å². The van der Waals surface area contributed by atoms with Gasteiger partial charge in [0.25, 0.3) is 0 Å². The Bertz CT molecular complexity index is 1290.